The average molecular weight is 962 g/mol. The Morgan fingerprint density at radius 2 is 1.07 bits per heavy atom. The zero-order chi connectivity index (χ0) is 47.8. The third kappa shape index (κ3) is 14.2. The number of aliphatic imine (C=N–C) groups is 4. The van der Waals surface area contributed by atoms with Crippen LogP contribution in [0.3, 0.4) is 0 Å². The molecule has 2 aromatic carbocycles. The molecule has 0 saturated carbocycles. The number of hydrogen-bond donors (Lipinski definition) is 1. The zero-order valence-electron chi connectivity index (χ0n) is 42.6. The first-order valence-corrected chi connectivity index (χ1v) is 25.6. The molecule has 2 N–H and O–H groups in total. The van der Waals surface area contributed by atoms with E-state index < -0.39 is 17.0 Å². The van der Waals surface area contributed by atoms with Gasteiger partial charge in [-0.2, -0.15) is 0 Å². The van der Waals surface area contributed by atoms with Gasteiger partial charge in [0.15, 0.2) is 17.0 Å². The second-order valence-electron chi connectivity index (χ2n) is 20.8. The summed E-state index contributed by atoms with van der Waals surface area (Å²) >= 11 is 0. The molecule has 0 aliphatic carbocycles. The van der Waals surface area contributed by atoms with Crippen LogP contribution in [-0.2, 0) is 19.1 Å². The topological polar surface area (TPSA) is 154 Å². The molecular weight excluding hydrogens is 886 g/mol. The minimum absolute atomic E-state index is 0. The molecule has 16 heteroatoms. The van der Waals surface area contributed by atoms with E-state index in [1.807, 2.05) is 13.0 Å². The second kappa shape index (κ2) is 24.9. The molecule has 6 saturated heterocycles. The summed E-state index contributed by atoms with van der Waals surface area (Å²) in [6.45, 7) is 19.4. The van der Waals surface area contributed by atoms with E-state index in [2.05, 4.69) is 78.4 Å². The molecule has 0 unspecified atom stereocenters. The summed E-state index contributed by atoms with van der Waals surface area (Å²) in [5.74, 6) is 0.992. The number of piperidine rings is 4. The minimum atomic E-state index is -1.73. The standard InChI is InChI=1S/C27H37FN4O2.C15H19N3.C12H19FNO2.Li.H2O/c1-20-4-3-5-23(18-20)24-21(2)29-27(30-24)10-14-32(15-11-27)25(33)26(28)8-12-31(13-9-26)19-22-6-16-34-17-7-22;1-11-4-3-5-13(10-11)14-12(2)17-15(18-14)6-8-16-9-7-15;13-12(10-15)3-5-14(6-4-12)9-11-1-7-16-8-2-11;;/h3-5,18,22H,6-17,19H2,1-2H3;3-5,10,16H,6-9H2,1-2H3;11H,1-9H2;;1H2/q;;-1;+1;/p-1. The number of halogens is 2. The minimum Gasteiger partial charge on any atom is -0.870 e. The van der Waals surface area contributed by atoms with Crippen molar-refractivity contribution in [3.8, 4) is 0 Å². The van der Waals surface area contributed by atoms with Crippen molar-refractivity contribution in [2.45, 2.75) is 127 Å². The van der Waals surface area contributed by atoms with E-state index in [0.29, 0.717) is 89.6 Å². The van der Waals surface area contributed by atoms with Crippen LogP contribution in [0.4, 0.5) is 8.78 Å². The van der Waals surface area contributed by atoms with E-state index >= 15 is 4.39 Å². The van der Waals surface area contributed by atoms with E-state index in [1.165, 1.54) is 16.7 Å². The molecule has 0 radical (unpaired) electrons. The fourth-order valence-electron chi connectivity index (χ4n) is 11.2. The number of rotatable bonds is 8. The Balaban J connectivity index is 0.000000188. The molecule has 1 amide bonds. The molecule has 0 bridgehead atoms. The molecule has 2 aromatic rings. The average Bonchev–Trinajstić information content (AvgIpc) is 3.85. The first kappa shape index (κ1) is 55.8. The van der Waals surface area contributed by atoms with Gasteiger partial charge < -0.3 is 39.8 Å². The molecule has 13 nitrogen and oxygen atoms in total. The van der Waals surface area contributed by atoms with Gasteiger partial charge in [0.1, 0.15) is 0 Å². The van der Waals surface area contributed by atoms with Gasteiger partial charge in [0.2, 0.25) is 0 Å². The molecule has 8 aliphatic rings. The first-order chi connectivity index (χ1) is 32.8. The Morgan fingerprint density at radius 3 is 1.50 bits per heavy atom. The van der Waals surface area contributed by atoms with Gasteiger partial charge in [-0.15, -0.1) is 0 Å². The van der Waals surface area contributed by atoms with Crippen LogP contribution in [0.25, 0.3) is 0 Å². The molecule has 8 heterocycles. The van der Waals surface area contributed by atoms with Gasteiger partial charge >= 0.3 is 18.9 Å². The van der Waals surface area contributed by atoms with E-state index in [9.17, 15) is 14.0 Å². The van der Waals surface area contributed by atoms with Crippen LogP contribution in [-0.4, -0.2) is 170 Å². The van der Waals surface area contributed by atoms with Crippen molar-refractivity contribution < 1.29 is 52.2 Å². The number of carbonyl (C=O) groups is 1. The summed E-state index contributed by atoms with van der Waals surface area (Å²) < 4.78 is 40.1. The fraction of sp³-hybridized carbons (Fsp3) is 0.667. The maximum absolute atomic E-state index is 15.8. The van der Waals surface area contributed by atoms with Gasteiger partial charge in [-0.25, -0.2) is 10.7 Å². The van der Waals surface area contributed by atoms with Crippen molar-refractivity contribution in [1.29, 1.82) is 0 Å². The zero-order valence-corrected chi connectivity index (χ0v) is 42.6. The third-order valence-corrected chi connectivity index (χ3v) is 15.5. The molecule has 8 aliphatic heterocycles. The normalized spacial score (nSPS) is 24.3. The summed E-state index contributed by atoms with van der Waals surface area (Å²) in [5, 5.41) is 3.38. The number of alkyl halides is 2. The van der Waals surface area contributed by atoms with Gasteiger partial charge in [0, 0.05) is 121 Å². The molecule has 378 valence electrons. The van der Waals surface area contributed by atoms with E-state index in [1.54, 1.807) is 11.2 Å². The summed E-state index contributed by atoms with van der Waals surface area (Å²) in [6, 6.07) is 16.9. The Bertz CT molecular complexity index is 2180. The van der Waals surface area contributed by atoms with Gasteiger partial charge in [-0.1, -0.05) is 47.5 Å². The first-order valence-electron chi connectivity index (χ1n) is 25.6. The fourth-order valence-corrected chi connectivity index (χ4v) is 11.2. The third-order valence-electron chi connectivity index (χ3n) is 15.5. The number of aryl methyl sites for hydroxylation is 2. The van der Waals surface area contributed by atoms with Crippen LogP contribution in [0.5, 0.6) is 0 Å². The number of hydrogen-bond acceptors (Lipinski definition) is 12. The largest absolute Gasteiger partial charge is 1.00 e. The SMILES string of the molecule is CC1=NC2(CCN(C(=O)C3(F)CCN(CC4CCOCC4)CC3)CC2)N=C1c1cccc(C)c1.CC1=NC2(CCNCC2)N=C1c1cccc(C)c1.O=[C-]C1(F)CCN(CC2CCOCC2)CC1.[Li+].[OH-]. The van der Waals surface area contributed by atoms with Crippen molar-refractivity contribution in [2.24, 2.45) is 31.8 Å². The number of carbonyl (C=O) groups excluding carboxylic acids is 2. The number of amides is 1. The van der Waals surface area contributed by atoms with Crippen LogP contribution in [0.1, 0.15) is 113 Å². The van der Waals surface area contributed by atoms with E-state index in [4.69, 9.17) is 29.4 Å². The van der Waals surface area contributed by atoms with Crippen LogP contribution >= 0.6 is 0 Å². The number of likely N-dealkylation sites (tertiary alicyclic amines) is 3. The Labute approximate surface area is 427 Å². The van der Waals surface area contributed by atoms with Crippen LogP contribution in [0.2, 0.25) is 0 Å². The van der Waals surface area contributed by atoms with Gasteiger partial charge in [0.25, 0.3) is 5.91 Å². The van der Waals surface area contributed by atoms with E-state index in [-0.39, 0.29) is 35.9 Å². The maximum Gasteiger partial charge on any atom is 1.00 e. The van der Waals surface area contributed by atoms with Gasteiger partial charge in [0.05, 0.1) is 22.8 Å². The number of ether oxygens (including phenoxy) is 2. The predicted molar refractivity (Wildman–Crippen MR) is 269 cm³/mol. The second-order valence-corrected chi connectivity index (χ2v) is 20.8. The molecule has 10 rings (SSSR count). The molecule has 0 atom stereocenters. The van der Waals surface area contributed by atoms with Gasteiger partial charge in [-0.05, 0) is 116 Å². The summed E-state index contributed by atoms with van der Waals surface area (Å²) in [7, 11) is 0. The van der Waals surface area contributed by atoms with Crippen molar-refractivity contribution in [3.05, 3.63) is 70.8 Å². The van der Waals surface area contributed by atoms with Crippen molar-refractivity contribution in [2.75, 3.05) is 91.9 Å². The van der Waals surface area contributed by atoms with Crippen molar-refractivity contribution >= 4 is 35.0 Å². The smallest absolute Gasteiger partial charge is 0.870 e. The van der Waals surface area contributed by atoms with Crippen LogP contribution < -0.4 is 24.2 Å². The summed E-state index contributed by atoms with van der Waals surface area (Å²) in [4.78, 5) is 49.7. The molecule has 0 aromatic heterocycles. The molecular formula is C54H76F2LiN8O5-. The molecule has 70 heavy (non-hydrogen) atoms. The predicted octanol–water partition coefficient (Wildman–Crippen LogP) is 4.30. The molecule has 2 spiro atoms. The van der Waals surface area contributed by atoms with Crippen LogP contribution in [0.15, 0.2) is 68.5 Å². The van der Waals surface area contributed by atoms with E-state index in [0.717, 1.165) is 120 Å². The summed E-state index contributed by atoms with van der Waals surface area (Å²) in [5.41, 5.74) is 4.74. The van der Waals surface area contributed by atoms with Crippen molar-refractivity contribution in [1.82, 2.24) is 20.0 Å². The monoisotopic (exact) mass is 962 g/mol. The number of nitrogens with zero attached hydrogens (tertiary/aromatic N) is 7. The van der Waals surface area contributed by atoms with Crippen molar-refractivity contribution in [3.63, 3.8) is 0 Å². The Hall–Kier alpha value is -3.52. The Morgan fingerprint density at radius 1 is 0.643 bits per heavy atom. The summed E-state index contributed by atoms with van der Waals surface area (Å²) in [6.07, 6.45) is 10.5. The number of nitrogens with one attached hydrogen (secondary N) is 1. The Kier molecular flexibility index (Phi) is 19.9. The maximum atomic E-state index is 15.8. The molecule has 6 fully saturated rings. The quantitative estimate of drug-likeness (QED) is 0.304. The number of benzene rings is 2. The van der Waals surface area contributed by atoms with Crippen LogP contribution in [0, 0.1) is 25.7 Å². The van der Waals surface area contributed by atoms with Gasteiger partial charge in [-0.3, -0.25) is 29.2 Å².